The molecule has 0 radical (unpaired) electrons. The van der Waals surface area contributed by atoms with Gasteiger partial charge in [0.15, 0.2) is 0 Å². The summed E-state index contributed by atoms with van der Waals surface area (Å²) in [6.07, 6.45) is 0.784. The predicted octanol–water partition coefficient (Wildman–Crippen LogP) is 2.78. The summed E-state index contributed by atoms with van der Waals surface area (Å²) >= 11 is 3.39. The van der Waals surface area contributed by atoms with Crippen molar-refractivity contribution in [2.24, 2.45) is 0 Å². The van der Waals surface area contributed by atoms with E-state index in [1.54, 1.807) is 6.07 Å². The molecule has 0 bridgehead atoms. The number of hydrogen-bond acceptors (Lipinski definition) is 3. The molecule has 0 atom stereocenters. The molecule has 0 aliphatic heterocycles. The maximum absolute atomic E-state index is 12.4. The molecule has 0 heterocycles. The fourth-order valence-electron chi connectivity index (χ4n) is 1.71. The highest BCUT2D eigenvalue weighted by atomic mass is 79.9. The number of rotatable bonds is 5. The Morgan fingerprint density at radius 1 is 1.37 bits per heavy atom. The lowest BCUT2D eigenvalue weighted by molar-refractivity contribution is -0.141. The number of benzene rings is 1. The average Bonchev–Trinajstić information content (AvgIpc) is 2.37. The van der Waals surface area contributed by atoms with Crippen LogP contribution < -0.4 is 0 Å². The second-order valence-electron chi connectivity index (χ2n) is 4.29. The third-order valence-corrected chi connectivity index (χ3v) is 3.34. The Labute approximate surface area is 121 Å². The first kappa shape index (κ1) is 15.7. The van der Waals surface area contributed by atoms with Gasteiger partial charge in [0.2, 0.25) is 0 Å². The molecule has 0 fully saturated rings. The second kappa shape index (κ2) is 7.28. The van der Waals surface area contributed by atoms with Crippen LogP contribution in [0.25, 0.3) is 0 Å². The van der Waals surface area contributed by atoms with Crippen LogP contribution in [0.4, 0.5) is 0 Å². The molecule has 0 N–H and O–H groups in total. The van der Waals surface area contributed by atoms with Gasteiger partial charge in [0.1, 0.15) is 6.54 Å². The van der Waals surface area contributed by atoms with Crippen LogP contribution in [0.2, 0.25) is 0 Å². The number of amides is 1. The highest BCUT2D eigenvalue weighted by molar-refractivity contribution is 9.10. The quantitative estimate of drug-likeness (QED) is 0.781. The van der Waals surface area contributed by atoms with E-state index in [1.165, 1.54) is 12.0 Å². The van der Waals surface area contributed by atoms with Crippen LogP contribution in [0.15, 0.2) is 22.7 Å². The van der Waals surface area contributed by atoms with E-state index in [-0.39, 0.29) is 12.5 Å². The van der Waals surface area contributed by atoms with E-state index in [2.05, 4.69) is 20.7 Å². The third kappa shape index (κ3) is 4.35. The van der Waals surface area contributed by atoms with Gasteiger partial charge in [-0.05, 0) is 47.0 Å². The first-order chi connectivity index (χ1) is 8.99. The number of carbonyl (C=O) groups excluding carboxylic acids is 2. The number of carbonyl (C=O) groups is 2. The normalized spacial score (nSPS) is 10.1. The van der Waals surface area contributed by atoms with Gasteiger partial charge >= 0.3 is 5.97 Å². The van der Waals surface area contributed by atoms with Crippen LogP contribution in [0, 0.1) is 6.92 Å². The van der Waals surface area contributed by atoms with Gasteiger partial charge in [-0.1, -0.05) is 13.0 Å². The van der Waals surface area contributed by atoms with Crippen LogP contribution in [-0.4, -0.2) is 37.0 Å². The smallest absolute Gasteiger partial charge is 0.325 e. The van der Waals surface area contributed by atoms with Crippen LogP contribution in [0.1, 0.15) is 29.3 Å². The van der Waals surface area contributed by atoms with Gasteiger partial charge in [-0.3, -0.25) is 9.59 Å². The molecule has 1 aromatic carbocycles. The van der Waals surface area contributed by atoms with Crippen molar-refractivity contribution < 1.29 is 14.3 Å². The van der Waals surface area contributed by atoms with Crippen LogP contribution >= 0.6 is 15.9 Å². The number of aryl methyl sites for hydroxylation is 1. The summed E-state index contributed by atoms with van der Waals surface area (Å²) in [6.45, 7) is 4.41. The van der Waals surface area contributed by atoms with Gasteiger partial charge in [-0.25, -0.2) is 0 Å². The van der Waals surface area contributed by atoms with E-state index < -0.39 is 5.97 Å². The van der Waals surface area contributed by atoms with E-state index in [9.17, 15) is 9.59 Å². The molecule has 0 aliphatic rings. The lowest BCUT2D eigenvalue weighted by Crippen LogP contribution is -2.37. The molecule has 0 saturated heterocycles. The minimum atomic E-state index is -0.412. The first-order valence-electron chi connectivity index (χ1n) is 6.11. The SMILES string of the molecule is CCCN(CC(=O)OC)C(=O)c1ccc(C)cc1Br. The summed E-state index contributed by atoms with van der Waals surface area (Å²) in [7, 11) is 1.32. The number of ether oxygens (including phenoxy) is 1. The summed E-state index contributed by atoms with van der Waals surface area (Å²) in [5.41, 5.74) is 1.63. The van der Waals surface area contributed by atoms with Gasteiger partial charge < -0.3 is 9.64 Å². The van der Waals surface area contributed by atoms with Crippen molar-refractivity contribution in [2.45, 2.75) is 20.3 Å². The maximum Gasteiger partial charge on any atom is 0.325 e. The number of halogens is 1. The molecule has 1 amide bonds. The number of hydrogen-bond donors (Lipinski definition) is 0. The molecule has 4 nitrogen and oxygen atoms in total. The van der Waals surface area contributed by atoms with Crippen LogP contribution in [0.5, 0.6) is 0 Å². The minimum Gasteiger partial charge on any atom is -0.468 e. The number of methoxy groups -OCH3 is 1. The molecule has 0 aromatic heterocycles. The van der Waals surface area contributed by atoms with Gasteiger partial charge in [0.05, 0.1) is 12.7 Å². The Bertz CT molecular complexity index is 474. The van der Waals surface area contributed by atoms with Crippen molar-refractivity contribution in [2.75, 3.05) is 20.2 Å². The molecular formula is C14H18BrNO3. The average molecular weight is 328 g/mol. The first-order valence-corrected chi connectivity index (χ1v) is 6.91. The zero-order chi connectivity index (χ0) is 14.4. The second-order valence-corrected chi connectivity index (χ2v) is 5.14. The molecule has 0 aliphatic carbocycles. The molecule has 0 saturated carbocycles. The van der Waals surface area contributed by atoms with Crippen molar-refractivity contribution in [1.29, 1.82) is 0 Å². The Hall–Kier alpha value is -1.36. The minimum absolute atomic E-state index is 0.0243. The predicted molar refractivity (Wildman–Crippen MR) is 77.1 cm³/mol. The fraction of sp³-hybridized carbons (Fsp3) is 0.429. The van der Waals surface area contributed by atoms with Crippen molar-refractivity contribution in [3.63, 3.8) is 0 Å². The van der Waals surface area contributed by atoms with E-state index in [0.717, 1.165) is 16.5 Å². The zero-order valence-electron chi connectivity index (χ0n) is 11.4. The van der Waals surface area contributed by atoms with E-state index in [0.29, 0.717) is 12.1 Å². The lowest BCUT2D eigenvalue weighted by Gasteiger charge is -2.21. The number of esters is 1. The van der Waals surface area contributed by atoms with Crippen molar-refractivity contribution >= 4 is 27.8 Å². The molecule has 19 heavy (non-hydrogen) atoms. The Balaban J connectivity index is 2.95. The third-order valence-electron chi connectivity index (χ3n) is 2.68. The Kier molecular flexibility index (Phi) is 6.02. The van der Waals surface area contributed by atoms with E-state index >= 15 is 0 Å². The highest BCUT2D eigenvalue weighted by Gasteiger charge is 2.20. The molecule has 0 unspecified atom stereocenters. The summed E-state index contributed by atoms with van der Waals surface area (Å²) < 4.78 is 5.36. The molecule has 104 valence electrons. The summed E-state index contributed by atoms with van der Waals surface area (Å²) in [4.78, 5) is 25.3. The van der Waals surface area contributed by atoms with Gasteiger partial charge in [-0.15, -0.1) is 0 Å². The summed E-state index contributed by atoms with van der Waals surface area (Å²) in [5.74, 6) is -0.579. The van der Waals surface area contributed by atoms with Crippen molar-refractivity contribution in [3.8, 4) is 0 Å². The number of nitrogens with zero attached hydrogens (tertiary/aromatic N) is 1. The monoisotopic (exact) mass is 327 g/mol. The van der Waals surface area contributed by atoms with E-state index in [1.807, 2.05) is 26.0 Å². The standard InChI is InChI=1S/C14H18BrNO3/c1-4-7-16(9-13(17)19-3)14(18)11-6-5-10(2)8-12(11)15/h5-6,8H,4,7,9H2,1-3H3. The maximum atomic E-state index is 12.4. The molecule has 5 heteroatoms. The van der Waals surface area contributed by atoms with Gasteiger partial charge in [0.25, 0.3) is 5.91 Å². The largest absolute Gasteiger partial charge is 0.468 e. The zero-order valence-corrected chi connectivity index (χ0v) is 13.0. The van der Waals surface area contributed by atoms with Gasteiger partial charge in [-0.2, -0.15) is 0 Å². The fourth-order valence-corrected chi connectivity index (χ4v) is 2.37. The van der Waals surface area contributed by atoms with Crippen molar-refractivity contribution in [3.05, 3.63) is 33.8 Å². The topological polar surface area (TPSA) is 46.6 Å². The highest BCUT2D eigenvalue weighted by Crippen LogP contribution is 2.20. The van der Waals surface area contributed by atoms with Crippen molar-refractivity contribution in [1.82, 2.24) is 4.90 Å². The lowest BCUT2D eigenvalue weighted by atomic mass is 10.1. The van der Waals surface area contributed by atoms with E-state index in [4.69, 9.17) is 0 Å². The molecule has 1 aromatic rings. The Morgan fingerprint density at radius 3 is 2.58 bits per heavy atom. The molecular weight excluding hydrogens is 310 g/mol. The van der Waals surface area contributed by atoms with Gasteiger partial charge in [0, 0.05) is 11.0 Å². The van der Waals surface area contributed by atoms with Crippen LogP contribution in [0.3, 0.4) is 0 Å². The molecule has 0 spiro atoms. The van der Waals surface area contributed by atoms with Crippen LogP contribution in [-0.2, 0) is 9.53 Å². The summed E-state index contributed by atoms with van der Waals surface area (Å²) in [6, 6.07) is 5.53. The Morgan fingerprint density at radius 2 is 2.05 bits per heavy atom. The summed E-state index contributed by atoms with van der Waals surface area (Å²) in [5, 5.41) is 0. The molecule has 1 rings (SSSR count).